The Morgan fingerprint density at radius 3 is 2.38 bits per heavy atom. The van der Waals surface area contributed by atoms with Gasteiger partial charge >= 0.3 is 0 Å². The van der Waals surface area contributed by atoms with Crippen LogP contribution in [0.2, 0.25) is 5.02 Å². The van der Waals surface area contributed by atoms with Gasteiger partial charge in [0.2, 0.25) is 0 Å². The largest absolute Gasteiger partial charge is 0.493 e. The zero-order valence-electron chi connectivity index (χ0n) is 21.3. The minimum Gasteiger partial charge on any atom is -0.493 e. The summed E-state index contributed by atoms with van der Waals surface area (Å²) in [6, 6.07) is 19.3. The predicted molar refractivity (Wildman–Crippen MR) is 146 cm³/mol. The van der Waals surface area contributed by atoms with Crippen LogP contribution in [0.1, 0.15) is 48.7 Å². The highest BCUT2D eigenvalue weighted by atomic mass is 35.5. The summed E-state index contributed by atoms with van der Waals surface area (Å²) < 4.78 is 11.1. The van der Waals surface area contributed by atoms with Gasteiger partial charge < -0.3 is 14.8 Å². The number of para-hydroxylation sites is 2. The molecule has 1 atom stereocenters. The summed E-state index contributed by atoms with van der Waals surface area (Å²) in [5.41, 5.74) is 3.88. The minimum atomic E-state index is -0.683. The van der Waals surface area contributed by atoms with Crippen LogP contribution >= 0.6 is 11.6 Å². The molecular formula is C30H29ClN2O4. The second kappa shape index (κ2) is 9.60. The van der Waals surface area contributed by atoms with Crippen LogP contribution in [0.5, 0.6) is 11.5 Å². The molecule has 6 nitrogen and oxygen atoms in total. The second-order valence-corrected chi connectivity index (χ2v) is 10.6. The molecule has 0 radical (unpaired) electrons. The first-order valence-corrected chi connectivity index (χ1v) is 12.5. The van der Waals surface area contributed by atoms with Gasteiger partial charge in [-0.05, 0) is 65.9 Å². The van der Waals surface area contributed by atoms with Crippen molar-refractivity contribution in [2.24, 2.45) is 5.41 Å². The van der Waals surface area contributed by atoms with Crippen molar-refractivity contribution in [3.63, 3.8) is 0 Å². The summed E-state index contributed by atoms with van der Waals surface area (Å²) in [4.78, 5) is 29.8. The molecule has 2 aliphatic rings. The second-order valence-electron chi connectivity index (χ2n) is 10.2. The third-order valence-electron chi connectivity index (χ3n) is 6.93. The van der Waals surface area contributed by atoms with Crippen molar-refractivity contribution in [1.29, 1.82) is 0 Å². The predicted octanol–water partition coefficient (Wildman–Crippen LogP) is 6.81. The topological polar surface area (TPSA) is 67.9 Å². The number of carbonyl (C=O) groups is 2. The van der Waals surface area contributed by atoms with Gasteiger partial charge in [0, 0.05) is 28.3 Å². The van der Waals surface area contributed by atoms with Crippen LogP contribution in [0, 0.1) is 5.41 Å². The average molecular weight is 517 g/mol. The first kappa shape index (κ1) is 24.9. The molecule has 1 N–H and O–H groups in total. The Labute approximate surface area is 221 Å². The highest BCUT2D eigenvalue weighted by Crippen LogP contribution is 2.49. The number of hydrogen-bond acceptors (Lipinski definition) is 5. The van der Waals surface area contributed by atoms with E-state index in [1.165, 1.54) is 0 Å². The highest BCUT2D eigenvalue weighted by Gasteiger charge is 2.43. The van der Waals surface area contributed by atoms with Crippen molar-refractivity contribution >= 4 is 34.7 Å². The molecule has 0 spiro atoms. The Morgan fingerprint density at radius 2 is 1.68 bits per heavy atom. The van der Waals surface area contributed by atoms with E-state index in [0.717, 1.165) is 16.9 Å². The first-order chi connectivity index (χ1) is 17.7. The molecular weight excluding hydrogens is 488 g/mol. The number of carbonyl (C=O) groups excluding carboxylic acids is 2. The molecule has 0 bridgehead atoms. The van der Waals surface area contributed by atoms with Gasteiger partial charge in [0.05, 0.1) is 31.6 Å². The van der Waals surface area contributed by atoms with Crippen molar-refractivity contribution in [2.45, 2.75) is 32.7 Å². The Balaban J connectivity index is 1.80. The van der Waals surface area contributed by atoms with E-state index < -0.39 is 6.04 Å². The Bertz CT molecular complexity index is 1410. The van der Waals surface area contributed by atoms with E-state index in [-0.39, 0.29) is 17.1 Å². The van der Waals surface area contributed by atoms with Gasteiger partial charge in [-0.1, -0.05) is 43.6 Å². The van der Waals surface area contributed by atoms with Crippen molar-refractivity contribution in [3.05, 3.63) is 94.1 Å². The molecule has 1 aliphatic heterocycles. The third kappa shape index (κ3) is 4.58. The van der Waals surface area contributed by atoms with Crippen molar-refractivity contribution in [2.75, 3.05) is 24.4 Å². The van der Waals surface area contributed by atoms with Crippen LogP contribution < -0.4 is 19.7 Å². The van der Waals surface area contributed by atoms with Gasteiger partial charge in [-0.2, -0.15) is 0 Å². The van der Waals surface area contributed by atoms with E-state index in [4.69, 9.17) is 21.1 Å². The molecule has 190 valence electrons. The number of nitrogens with zero attached hydrogens (tertiary/aromatic N) is 1. The average Bonchev–Trinajstić information content (AvgIpc) is 3.02. The lowest BCUT2D eigenvalue weighted by Gasteiger charge is -2.37. The number of fused-ring (bicyclic) bond motifs is 1. The molecule has 1 heterocycles. The number of rotatable bonds is 4. The van der Waals surface area contributed by atoms with Crippen molar-refractivity contribution in [3.8, 4) is 11.5 Å². The molecule has 0 aromatic heterocycles. The maximum Gasteiger partial charge on any atom is 0.259 e. The third-order valence-corrected chi connectivity index (χ3v) is 7.19. The molecule has 37 heavy (non-hydrogen) atoms. The molecule has 0 saturated carbocycles. The lowest BCUT2D eigenvalue weighted by atomic mass is 9.73. The molecule has 7 heteroatoms. The molecule has 3 aromatic carbocycles. The van der Waals surface area contributed by atoms with Gasteiger partial charge in [0.1, 0.15) is 0 Å². The van der Waals surface area contributed by atoms with Crippen LogP contribution in [0.15, 0.2) is 78.0 Å². The maximum absolute atomic E-state index is 14.3. The molecule has 1 aliphatic carbocycles. The number of allylic oxidation sites excluding steroid dienone is 1. The lowest BCUT2D eigenvalue weighted by molar-refractivity contribution is -0.118. The fourth-order valence-electron chi connectivity index (χ4n) is 5.28. The fourth-order valence-corrected chi connectivity index (χ4v) is 5.41. The lowest BCUT2D eigenvalue weighted by Crippen LogP contribution is -2.39. The molecule has 0 unspecified atom stereocenters. The number of anilines is 2. The number of amides is 1. The number of hydrogen-bond donors (Lipinski definition) is 1. The van der Waals surface area contributed by atoms with Gasteiger partial charge in [-0.25, -0.2) is 0 Å². The summed E-state index contributed by atoms with van der Waals surface area (Å²) in [6.45, 7) is 4.18. The molecule has 0 fully saturated rings. The zero-order chi connectivity index (χ0) is 26.3. The monoisotopic (exact) mass is 516 g/mol. The fraction of sp³-hybridized carbons (Fsp3) is 0.267. The van der Waals surface area contributed by atoms with E-state index in [2.05, 4.69) is 19.2 Å². The van der Waals surface area contributed by atoms with Crippen LogP contribution in [0.25, 0.3) is 0 Å². The molecule has 3 aromatic rings. The summed E-state index contributed by atoms with van der Waals surface area (Å²) in [5, 5.41) is 4.07. The van der Waals surface area contributed by atoms with E-state index in [0.29, 0.717) is 46.2 Å². The van der Waals surface area contributed by atoms with Crippen LogP contribution in [-0.4, -0.2) is 25.9 Å². The normalized spacial score (nSPS) is 18.4. The Kier molecular flexibility index (Phi) is 6.46. The maximum atomic E-state index is 14.3. The summed E-state index contributed by atoms with van der Waals surface area (Å²) in [6.07, 6.45) is 1.06. The van der Waals surface area contributed by atoms with Gasteiger partial charge in [0.15, 0.2) is 17.3 Å². The van der Waals surface area contributed by atoms with Gasteiger partial charge in [-0.3, -0.25) is 14.5 Å². The van der Waals surface area contributed by atoms with Crippen molar-refractivity contribution < 1.29 is 19.1 Å². The smallest absolute Gasteiger partial charge is 0.259 e. The number of Topliss-reactive ketones (excluding diaryl/α,β-unsaturated/α-hetero) is 1. The zero-order valence-corrected chi connectivity index (χ0v) is 22.1. The summed E-state index contributed by atoms with van der Waals surface area (Å²) in [7, 11) is 3.15. The number of halogens is 1. The molecule has 0 saturated heterocycles. The first-order valence-electron chi connectivity index (χ1n) is 12.2. The summed E-state index contributed by atoms with van der Waals surface area (Å²) in [5.74, 6) is 0.867. The highest BCUT2D eigenvalue weighted by molar-refractivity contribution is 6.30. The van der Waals surface area contributed by atoms with Crippen LogP contribution in [-0.2, 0) is 4.79 Å². The van der Waals surface area contributed by atoms with Gasteiger partial charge in [-0.15, -0.1) is 0 Å². The van der Waals surface area contributed by atoms with Crippen molar-refractivity contribution in [1.82, 2.24) is 0 Å². The Morgan fingerprint density at radius 1 is 0.973 bits per heavy atom. The van der Waals surface area contributed by atoms with E-state index >= 15 is 0 Å². The van der Waals surface area contributed by atoms with E-state index in [9.17, 15) is 9.59 Å². The number of nitrogens with one attached hydrogen (secondary N) is 1. The Hall–Kier alpha value is -3.77. The van der Waals surface area contributed by atoms with Crippen LogP contribution in [0.4, 0.5) is 11.4 Å². The van der Waals surface area contributed by atoms with Crippen LogP contribution in [0.3, 0.4) is 0 Å². The van der Waals surface area contributed by atoms with E-state index in [1.54, 1.807) is 49.5 Å². The van der Waals surface area contributed by atoms with Gasteiger partial charge in [0.25, 0.3) is 5.91 Å². The quantitative estimate of drug-likeness (QED) is 0.412. The number of ketones is 1. The number of benzene rings is 3. The molecule has 1 amide bonds. The standard InChI is InChI=1S/C30H29ClN2O4/c1-30(2)16-22-27(24(34)17-30)28(19-11-14-25(36-3)26(15-19)37-4)33(23-8-6-5-7-21(23)32-22)29(35)18-9-12-20(31)13-10-18/h5-15,28,32H,16-17H2,1-4H3/t28-/m0/s1. The molecule has 5 rings (SSSR count). The number of ether oxygens (including phenoxy) is 2. The minimum absolute atomic E-state index is 0.0141. The SMILES string of the molecule is COc1ccc([C@H]2C3=C(CC(C)(C)CC3=O)Nc3ccccc3N2C(=O)c2ccc(Cl)cc2)cc1OC. The summed E-state index contributed by atoms with van der Waals surface area (Å²) >= 11 is 6.12. The number of methoxy groups -OCH3 is 2. The van der Waals surface area contributed by atoms with E-state index in [1.807, 2.05) is 36.4 Å².